The quantitative estimate of drug-likeness (QED) is 0.622. The zero-order valence-electron chi connectivity index (χ0n) is 17.0. The summed E-state index contributed by atoms with van der Waals surface area (Å²) in [7, 11) is -1.78. The molecule has 30 heavy (non-hydrogen) atoms. The molecule has 0 saturated carbocycles. The Balaban J connectivity index is 1.28. The van der Waals surface area contributed by atoms with Crippen molar-refractivity contribution in [1.29, 1.82) is 0 Å². The third-order valence-electron chi connectivity index (χ3n) is 6.00. The number of fused-ring (bicyclic) bond motifs is 1. The van der Waals surface area contributed by atoms with Gasteiger partial charge in [-0.15, -0.1) is 0 Å². The lowest BCUT2D eigenvalue weighted by Gasteiger charge is -2.31. The fourth-order valence-electron chi connectivity index (χ4n) is 4.35. The maximum atomic E-state index is 12.8. The number of ether oxygens (including phenoxy) is 2. The Kier molecular flexibility index (Phi) is 5.04. The zero-order valence-corrected chi connectivity index (χ0v) is 17.8. The van der Waals surface area contributed by atoms with Crippen molar-refractivity contribution in [2.24, 2.45) is 7.05 Å². The highest BCUT2D eigenvalue weighted by Crippen LogP contribution is 2.33. The van der Waals surface area contributed by atoms with Crippen LogP contribution < -0.4 is 4.74 Å². The van der Waals surface area contributed by atoms with E-state index in [1.807, 2.05) is 12.1 Å². The second-order valence-corrected chi connectivity index (χ2v) is 9.91. The van der Waals surface area contributed by atoms with Crippen molar-refractivity contribution >= 4 is 20.9 Å². The predicted octanol–water partition coefficient (Wildman–Crippen LogP) is 2.57. The molecule has 2 saturated heterocycles. The number of hydrogen-bond acceptors (Lipinski definition) is 5. The van der Waals surface area contributed by atoms with E-state index in [-0.39, 0.29) is 11.1 Å². The summed E-state index contributed by atoms with van der Waals surface area (Å²) in [5.41, 5.74) is 1.15. The largest absolute Gasteiger partial charge is 0.490 e. The van der Waals surface area contributed by atoms with E-state index < -0.39 is 10.0 Å². The maximum absolute atomic E-state index is 12.8. The molecule has 160 valence electrons. The normalized spacial score (nSPS) is 21.4. The number of aryl methyl sites for hydroxylation is 1. The summed E-state index contributed by atoms with van der Waals surface area (Å²) in [5, 5.41) is 1.19. The molecule has 0 radical (unpaired) electrons. The van der Waals surface area contributed by atoms with E-state index in [9.17, 15) is 8.42 Å². The second kappa shape index (κ2) is 7.72. The van der Waals surface area contributed by atoms with Crippen LogP contribution in [0.25, 0.3) is 10.9 Å². The van der Waals surface area contributed by atoms with Gasteiger partial charge in [0, 0.05) is 44.5 Å². The summed E-state index contributed by atoms with van der Waals surface area (Å²) >= 11 is 0. The van der Waals surface area contributed by atoms with Crippen LogP contribution in [0.1, 0.15) is 25.3 Å². The van der Waals surface area contributed by atoms with Crippen LogP contribution in [0.2, 0.25) is 0 Å². The highest BCUT2D eigenvalue weighted by molar-refractivity contribution is 7.89. The van der Waals surface area contributed by atoms with Crippen LogP contribution >= 0.6 is 0 Å². The molecule has 3 aromatic rings. The van der Waals surface area contributed by atoms with E-state index in [0.717, 1.165) is 36.3 Å². The molecular weight excluding hydrogens is 404 g/mol. The van der Waals surface area contributed by atoms with Gasteiger partial charge < -0.3 is 18.6 Å². The molecule has 8 nitrogen and oxygen atoms in total. The van der Waals surface area contributed by atoms with Gasteiger partial charge in [-0.3, -0.25) is 0 Å². The fraction of sp³-hybridized carbons (Fsp3) is 0.476. The number of sulfonamides is 1. The Bertz CT molecular complexity index is 1140. The molecule has 1 unspecified atom stereocenters. The topological polar surface area (TPSA) is 78.6 Å². The van der Waals surface area contributed by atoms with E-state index in [0.29, 0.717) is 32.0 Å². The summed E-state index contributed by atoms with van der Waals surface area (Å²) in [4.78, 5) is 4.01. The molecule has 0 amide bonds. The number of nitrogens with zero attached hydrogens (tertiary/aromatic N) is 4. The molecule has 2 aromatic heterocycles. The van der Waals surface area contributed by atoms with Gasteiger partial charge in [-0.05, 0) is 37.5 Å². The van der Waals surface area contributed by atoms with Crippen LogP contribution in [0.5, 0.6) is 5.75 Å². The van der Waals surface area contributed by atoms with Crippen molar-refractivity contribution in [3.05, 3.63) is 43.0 Å². The van der Waals surface area contributed by atoms with Gasteiger partial charge in [0.25, 0.3) is 10.0 Å². The van der Waals surface area contributed by atoms with Crippen LogP contribution in [0, 0.1) is 0 Å². The van der Waals surface area contributed by atoms with Gasteiger partial charge in [-0.2, -0.15) is 4.31 Å². The predicted molar refractivity (Wildman–Crippen MR) is 112 cm³/mol. The minimum absolute atomic E-state index is 0.0102. The standard InChI is InChI=1S/C21H26N4O4S/c1-23-13-21(22-15-23)30(26,27)24-9-5-17(6-10-24)29-20-4-2-3-19-18(20)7-11-25(19)16-8-12-28-14-16/h2-4,7,11,13,15-17H,5-6,8-10,12,14H2,1H3. The van der Waals surface area contributed by atoms with Crippen molar-refractivity contribution in [1.82, 2.24) is 18.4 Å². The van der Waals surface area contributed by atoms with E-state index in [2.05, 4.69) is 27.9 Å². The van der Waals surface area contributed by atoms with Crippen molar-refractivity contribution < 1.29 is 17.9 Å². The Hall–Kier alpha value is -2.36. The van der Waals surface area contributed by atoms with Gasteiger partial charge >= 0.3 is 0 Å². The van der Waals surface area contributed by atoms with E-state index in [1.165, 1.54) is 10.6 Å². The molecule has 1 atom stereocenters. The average molecular weight is 431 g/mol. The summed E-state index contributed by atoms with van der Waals surface area (Å²) in [5.74, 6) is 0.858. The summed E-state index contributed by atoms with van der Waals surface area (Å²) < 4.78 is 42.8. The molecule has 0 aliphatic carbocycles. The number of aromatic nitrogens is 3. The van der Waals surface area contributed by atoms with Gasteiger partial charge in [0.2, 0.25) is 0 Å². The zero-order chi connectivity index (χ0) is 20.7. The number of rotatable bonds is 5. The SMILES string of the molecule is Cn1cnc(S(=O)(=O)N2CCC(Oc3cccc4c3ccn4C3CCOC3)CC2)c1. The van der Waals surface area contributed by atoms with Crippen molar-refractivity contribution in [3.8, 4) is 5.75 Å². The molecular formula is C21H26N4O4S. The third kappa shape index (κ3) is 3.51. The smallest absolute Gasteiger partial charge is 0.262 e. The lowest BCUT2D eigenvalue weighted by molar-refractivity contribution is 0.136. The summed E-state index contributed by atoms with van der Waals surface area (Å²) in [6.07, 6.45) is 7.48. The van der Waals surface area contributed by atoms with Crippen molar-refractivity contribution in [3.63, 3.8) is 0 Å². The molecule has 0 bridgehead atoms. The van der Waals surface area contributed by atoms with Crippen LogP contribution in [0.15, 0.2) is 48.0 Å². The Labute approximate surface area is 176 Å². The van der Waals surface area contributed by atoms with Crippen LogP contribution in [0.4, 0.5) is 0 Å². The highest BCUT2D eigenvalue weighted by Gasteiger charge is 2.32. The number of benzene rings is 1. The molecule has 2 aliphatic heterocycles. The fourth-order valence-corrected chi connectivity index (χ4v) is 5.78. The molecule has 2 aliphatic rings. The molecule has 0 N–H and O–H groups in total. The first-order chi connectivity index (χ1) is 14.5. The maximum Gasteiger partial charge on any atom is 0.262 e. The van der Waals surface area contributed by atoms with Gasteiger partial charge in [0.05, 0.1) is 24.5 Å². The Morgan fingerprint density at radius 3 is 2.70 bits per heavy atom. The second-order valence-electron chi connectivity index (χ2n) is 8.03. The lowest BCUT2D eigenvalue weighted by Crippen LogP contribution is -2.41. The first kappa shape index (κ1) is 19.6. The molecule has 2 fully saturated rings. The molecule has 4 heterocycles. The van der Waals surface area contributed by atoms with Crippen LogP contribution in [-0.2, 0) is 21.8 Å². The molecule has 5 rings (SSSR count). The molecule has 9 heteroatoms. The molecule has 1 aromatic carbocycles. The first-order valence-corrected chi connectivity index (χ1v) is 11.8. The van der Waals surface area contributed by atoms with Gasteiger partial charge in [0.15, 0.2) is 5.03 Å². The van der Waals surface area contributed by atoms with Gasteiger partial charge in [0.1, 0.15) is 11.9 Å². The monoisotopic (exact) mass is 430 g/mol. The minimum atomic E-state index is -3.55. The number of hydrogen-bond donors (Lipinski definition) is 0. The van der Waals surface area contributed by atoms with Gasteiger partial charge in [-0.1, -0.05) is 6.07 Å². The number of imidazole rings is 1. The molecule has 0 spiro atoms. The van der Waals surface area contributed by atoms with E-state index in [1.54, 1.807) is 17.8 Å². The lowest BCUT2D eigenvalue weighted by atomic mass is 10.1. The van der Waals surface area contributed by atoms with Crippen molar-refractivity contribution in [2.45, 2.75) is 36.4 Å². The highest BCUT2D eigenvalue weighted by atomic mass is 32.2. The number of piperidine rings is 1. The third-order valence-corrected chi connectivity index (χ3v) is 7.79. The van der Waals surface area contributed by atoms with Gasteiger partial charge in [-0.25, -0.2) is 13.4 Å². The van der Waals surface area contributed by atoms with Crippen molar-refractivity contribution in [2.75, 3.05) is 26.3 Å². The van der Waals surface area contributed by atoms with E-state index >= 15 is 0 Å². The summed E-state index contributed by atoms with van der Waals surface area (Å²) in [6, 6.07) is 8.60. The Morgan fingerprint density at radius 1 is 1.17 bits per heavy atom. The van der Waals surface area contributed by atoms with E-state index in [4.69, 9.17) is 9.47 Å². The average Bonchev–Trinajstić information content (AvgIpc) is 3.49. The Morgan fingerprint density at radius 2 is 2.00 bits per heavy atom. The minimum Gasteiger partial charge on any atom is -0.490 e. The van der Waals surface area contributed by atoms with Crippen LogP contribution in [-0.4, -0.2) is 59.2 Å². The summed E-state index contributed by atoms with van der Waals surface area (Å²) in [6.45, 7) is 2.42. The first-order valence-electron chi connectivity index (χ1n) is 10.3. The van der Waals surface area contributed by atoms with Crippen LogP contribution in [0.3, 0.4) is 0 Å².